The van der Waals surface area contributed by atoms with Crippen LogP contribution in [0.15, 0.2) is 47.9 Å². The van der Waals surface area contributed by atoms with Crippen molar-refractivity contribution in [2.45, 2.75) is 39.2 Å². The highest BCUT2D eigenvalue weighted by Crippen LogP contribution is 2.23. The number of rotatable bonds is 6. The summed E-state index contributed by atoms with van der Waals surface area (Å²) >= 11 is 0. The smallest absolute Gasteiger partial charge is 0.201 e. The molecule has 4 heterocycles. The summed E-state index contributed by atoms with van der Waals surface area (Å²) in [5, 5.41) is 19.4. The molecule has 0 amide bonds. The first kappa shape index (κ1) is 18.2. The molecule has 146 valence electrons. The van der Waals surface area contributed by atoms with Crippen LogP contribution in [0.2, 0.25) is 0 Å². The first-order valence-corrected chi connectivity index (χ1v) is 9.77. The van der Waals surface area contributed by atoms with Crippen LogP contribution in [0.3, 0.4) is 0 Å². The number of nitrogens with zero attached hydrogens (tertiary/aromatic N) is 6. The van der Waals surface area contributed by atoms with E-state index in [9.17, 15) is 0 Å². The third kappa shape index (κ3) is 3.62. The lowest BCUT2D eigenvalue weighted by molar-refractivity contribution is 0.476. The number of guanidine groups is 1. The van der Waals surface area contributed by atoms with Gasteiger partial charge in [0.2, 0.25) is 5.96 Å². The number of hydrogen-bond acceptors (Lipinski definition) is 6. The molecule has 2 N–H and O–H groups in total. The van der Waals surface area contributed by atoms with Gasteiger partial charge in [0.1, 0.15) is 11.6 Å². The molecule has 0 bridgehead atoms. The molecule has 1 atom stereocenters. The Labute approximate surface area is 164 Å². The summed E-state index contributed by atoms with van der Waals surface area (Å²) in [6.07, 6.45) is 11.0. The van der Waals surface area contributed by atoms with Gasteiger partial charge < -0.3 is 10.6 Å². The molecule has 3 aromatic rings. The molecule has 3 aromatic heterocycles. The molecule has 1 aliphatic heterocycles. The second-order valence-corrected chi connectivity index (χ2v) is 7.08. The highest BCUT2D eigenvalue weighted by atomic mass is 15.3. The van der Waals surface area contributed by atoms with Crippen LogP contribution >= 0.6 is 0 Å². The Morgan fingerprint density at radius 2 is 2.07 bits per heavy atom. The van der Waals surface area contributed by atoms with E-state index in [1.807, 2.05) is 25.4 Å². The SMILES string of the molecule is CCC(CC)Cc1nnc2cc(C3C=CNC(Nc4ccnn4C)=N3)ccn12. The Balaban J connectivity index is 1.56. The second kappa shape index (κ2) is 7.84. The van der Waals surface area contributed by atoms with Crippen LogP contribution < -0.4 is 10.6 Å². The fourth-order valence-corrected chi connectivity index (χ4v) is 3.42. The van der Waals surface area contributed by atoms with Gasteiger partial charge in [-0.15, -0.1) is 10.2 Å². The number of hydrogen-bond donors (Lipinski definition) is 2. The van der Waals surface area contributed by atoms with Gasteiger partial charge in [0.25, 0.3) is 0 Å². The zero-order valence-corrected chi connectivity index (χ0v) is 16.5. The predicted molar refractivity (Wildman–Crippen MR) is 110 cm³/mol. The lowest BCUT2D eigenvalue weighted by Crippen LogP contribution is -2.30. The van der Waals surface area contributed by atoms with Gasteiger partial charge >= 0.3 is 0 Å². The van der Waals surface area contributed by atoms with Gasteiger partial charge in [-0.2, -0.15) is 5.10 Å². The van der Waals surface area contributed by atoms with Crippen molar-refractivity contribution in [1.82, 2.24) is 29.7 Å². The number of nitrogens with one attached hydrogen (secondary N) is 2. The Bertz CT molecular complexity index is 1010. The van der Waals surface area contributed by atoms with Crippen molar-refractivity contribution in [2.24, 2.45) is 18.0 Å². The molecule has 0 aliphatic carbocycles. The summed E-state index contributed by atoms with van der Waals surface area (Å²) in [7, 11) is 1.89. The van der Waals surface area contributed by atoms with E-state index in [-0.39, 0.29) is 6.04 Å². The fourth-order valence-electron chi connectivity index (χ4n) is 3.42. The van der Waals surface area contributed by atoms with Crippen molar-refractivity contribution >= 4 is 17.4 Å². The molecule has 28 heavy (non-hydrogen) atoms. The van der Waals surface area contributed by atoms with Gasteiger partial charge in [0, 0.05) is 31.9 Å². The molecule has 4 rings (SSSR count). The van der Waals surface area contributed by atoms with Gasteiger partial charge in [-0.05, 0) is 29.7 Å². The molecule has 0 spiro atoms. The molecule has 1 aliphatic rings. The Morgan fingerprint density at radius 3 is 2.82 bits per heavy atom. The molecule has 8 heteroatoms. The van der Waals surface area contributed by atoms with Crippen LogP contribution in [0.1, 0.15) is 44.1 Å². The maximum absolute atomic E-state index is 4.77. The molecule has 0 saturated carbocycles. The minimum Gasteiger partial charge on any atom is -0.333 e. The summed E-state index contributed by atoms with van der Waals surface area (Å²) < 4.78 is 3.85. The molecule has 0 saturated heterocycles. The first-order chi connectivity index (χ1) is 13.7. The van der Waals surface area contributed by atoms with Crippen LogP contribution in [0.5, 0.6) is 0 Å². The monoisotopic (exact) mass is 378 g/mol. The molecule has 0 radical (unpaired) electrons. The Kier molecular flexibility index (Phi) is 5.10. The normalized spacial score (nSPS) is 16.4. The molecular formula is C20H26N8. The number of anilines is 1. The van der Waals surface area contributed by atoms with Crippen LogP contribution in [-0.4, -0.2) is 30.3 Å². The van der Waals surface area contributed by atoms with Crippen molar-refractivity contribution in [1.29, 1.82) is 0 Å². The van der Waals surface area contributed by atoms with Crippen molar-refractivity contribution < 1.29 is 0 Å². The minimum absolute atomic E-state index is 0.0823. The summed E-state index contributed by atoms with van der Waals surface area (Å²) in [6, 6.07) is 5.98. The number of aliphatic imine (C=N–C) groups is 1. The van der Waals surface area contributed by atoms with E-state index in [2.05, 4.69) is 62.5 Å². The summed E-state index contributed by atoms with van der Waals surface area (Å²) in [5.74, 6) is 3.23. The van der Waals surface area contributed by atoms with Crippen LogP contribution in [0.25, 0.3) is 5.65 Å². The standard InChI is InChI=1S/C20H26N8/c1-4-14(5-2)12-18-25-26-19-13-15(8-11-28(18)19)16-6-9-21-20(23-16)24-17-7-10-22-27(17)3/h6-11,13-14,16H,4-5,12H2,1-3H3,(H2,21,23,24). The number of pyridine rings is 1. The van der Waals surface area contributed by atoms with E-state index in [0.717, 1.165) is 42.1 Å². The summed E-state index contributed by atoms with van der Waals surface area (Å²) in [6.45, 7) is 4.46. The van der Waals surface area contributed by atoms with Gasteiger partial charge in [-0.25, -0.2) is 4.99 Å². The Morgan fingerprint density at radius 1 is 1.21 bits per heavy atom. The third-order valence-corrected chi connectivity index (χ3v) is 5.31. The van der Waals surface area contributed by atoms with E-state index in [1.54, 1.807) is 10.9 Å². The quantitative estimate of drug-likeness (QED) is 0.689. The maximum Gasteiger partial charge on any atom is 0.201 e. The van der Waals surface area contributed by atoms with E-state index in [1.165, 1.54) is 0 Å². The number of fused-ring (bicyclic) bond motifs is 1. The van der Waals surface area contributed by atoms with E-state index in [0.29, 0.717) is 11.9 Å². The van der Waals surface area contributed by atoms with Crippen LogP contribution in [0.4, 0.5) is 5.82 Å². The molecular weight excluding hydrogens is 352 g/mol. The van der Waals surface area contributed by atoms with Crippen LogP contribution in [-0.2, 0) is 13.5 Å². The van der Waals surface area contributed by atoms with Crippen molar-refractivity contribution in [3.05, 3.63) is 54.3 Å². The van der Waals surface area contributed by atoms with Crippen molar-refractivity contribution in [2.75, 3.05) is 5.32 Å². The molecule has 0 fully saturated rings. The predicted octanol–water partition coefficient (Wildman–Crippen LogP) is 3.07. The third-order valence-electron chi connectivity index (χ3n) is 5.31. The lowest BCUT2D eigenvalue weighted by Gasteiger charge is -2.18. The first-order valence-electron chi connectivity index (χ1n) is 9.77. The minimum atomic E-state index is -0.0823. The summed E-state index contributed by atoms with van der Waals surface area (Å²) in [4.78, 5) is 4.77. The second-order valence-electron chi connectivity index (χ2n) is 7.08. The average molecular weight is 378 g/mol. The lowest BCUT2D eigenvalue weighted by atomic mass is 9.99. The largest absolute Gasteiger partial charge is 0.333 e. The van der Waals surface area contributed by atoms with E-state index < -0.39 is 0 Å². The highest BCUT2D eigenvalue weighted by molar-refractivity contribution is 5.94. The summed E-state index contributed by atoms with van der Waals surface area (Å²) in [5.41, 5.74) is 1.94. The maximum atomic E-state index is 4.77. The number of aryl methyl sites for hydroxylation is 1. The zero-order chi connectivity index (χ0) is 19.5. The molecule has 8 nitrogen and oxygen atoms in total. The molecule has 0 aromatic carbocycles. The van der Waals surface area contributed by atoms with Crippen LogP contribution in [0, 0.1) is 5.92 Å². The van der Waals surface area contributed by atoms with Gasteiger partial charge in [0.05, 0.1) is 12.2 Å². The van der Waals surface area contributed by atoms with Gasteiger partial charge in [-0.1, -0.05) is 26.7 Å². The Hall–Kier alpha value is -3.16. The number of aromatic nitrogens is 5. The van der Waals surface area contributed by atoms with Gasteiger partial charge in [-0.3, -0.25) is 9.08 Å². The average Bonchev–Trinajstić information content (AvgIpc) is 3.32. The fraction of sp³-hybridized carbons (Fsp3) is 0.400. The van der Waals surface area contributed by atoms with E-state index >= 15 is 0 Å². The topological polar surface area (TPSA) is 84.4 Å². The highest BCUT2D eigenvalue weighted by Gasteiger charge is 2.16. The van der Waals surface area contributed by atoms with Gasteiger partial charge in [0.15, 0.2) is 5.65 Å². The zero-order valence-electron chi connectivity index (χ0n) is 16.5. The van der Waals surface area contributed by atoms with Crippen molar-refractivity contribution in [3.8, 4) is 0 Å². The van der Waals surface area contributed by atoms with Crippen molar-refractivity contribution in [3.63, 3.8) is 0 Å². The molecule has 1 unspecified atom stereocenters. The van der Waals surface area contributed by atoms with E-state index in [4.69, 9.17) is 4.99 Å².